The summed E-state index contributed by atoms with van der Waals surface area (Å²) in [7, 11) is 0. The standard InChI is InChI=1S/C10H10BrF3N2O/c11-7-5-8(10(12,13)14)9(15-6-7)16-1-3-17-4-2-16/h5-6H,1-4H2. The molecule has 0 N–H and O–H groups in total. The lowest BCUT2D eigenvalue weighted by Crippen LogP contribution is -2.38. The van der Waals surface area contributed by atoms with Gasteiger partial charge >= 0.3 is 6.18 Å². The first-order valence-electron chi connectivity index (χ1n) is 5.04. The van der Waals surface area contributed by atoms with Crippen LogP contribution in [0.4, 0.5) is 19.0 Å². The Morgan fingerprint density at radius 1 is 1.29 bits per heavy atom. The summed E-state index contributed by atoms with van der Waals surface area (Å²) in [5, 5.41) is 0. The van der Waals surface area contributed by atoms with Gasteiger partial charge in [0.15, 0.2) is 0 Å². The normalized spacial score (nSPS) is 17.3. The van der Waals surface area contributed by atoms with Crippen LogP contribution in [0.5, 0.6) is 0 Å². The van der Waals surface area contributed by atoms with Crippen LogP contribution in [0.25, 0.3) is 0 Å². The molecule has 7 heteroatoms. The van der Waals surface area contributed by atoms with Crippen LogP contribution in [-0.2, 0) is 10.9 Å². The Hall–Kier alpha value is -0.820. The highest BCUT2D eigenvalue weighted by Crippen LogP contribution is 2.36. The Morgan fingerprint density at radius 2 is 1.94 bits per heavy atom. The van der Waals surface area contributed by atoms with E-state index >= 15 is 0 Å². The highest BCUT2D eigenvalue weighted by atomic mass is 79.9. The van der Waals surface area contributed by atoms with E-state index in [1.807, 2.05) is 0 Å². The number of halogens is 4. The van der Waals surface area contributed by atoms with Crippen LogP contribution < -0.4 is 4.90 Å². The largest absolute Gasteiger partial charge is 0.419 e. The first-order valence-corrected chi connectivity index (χ1v) is 5.83. The van der Waals surface area contributed by atoms with E-state index in [9.17, 15) is 13.2 Å². The molecule has 0 aliphatic carbocycles. The summed E-state index contributed by atoms with van der Waals surface area (Å²) in [6.45, 7) is 1.71. The van der Waals surface area contributed by atoms with Gasteiger partial charge in [-0.05, 0) is 22.0 Å². The van der Waals surface area contributed by atoms with Crippen molar-refractivity contribution < 1.29 is 17.9 Å². The van der Waals surface area contributed by atoms with E-state index in [4.69, 9.17) is 4.74 Å². The molecule has 0 bridgehead atoms. The summed E-state index contributed by atoms with van der Waals surface area (Å²) >= 11 is 3.01. The SMILES string of the molecule is FC(F)(F)c1cc(Br)cnc1N1CCOCC1. The fraction of sp³-hybridized carbons (Fsp3) is 0.500. The molecule has 94 valence electrons. The first kappa shape index (κ1) is 12.6. The van der Waals surface area contributed by atoms with Crippen molar-refractivity contribution in [1.82, 2.24) is 4.98 Å². The minimum absolute atomic E-state index is 0.0241. The molecule has 1 aromatic rings. The van der Waals surface area contributed by atoms with Crippen molar-refractivity contribution in [3.8, 4) is 0 Å². The Labute approximate surface area is 105 Å². The molecule has 1 aromatic heterocycles. The third kappa shape index (κ3) is 2.90. The molecule has 0 unspecified atom stereocenters. The molecular weight excluding hydrogens is 301 g/mol. The average Bonchev–Trinajstić information content (AvgIpc) is 2.29. The Bertz CT molecular complexity index is 405. The number of aromatic nitrogens is 1. The molecule has 0 radical (unpaired) electrons. The van der Waals surface area contributed by atoms with Gasteiger partial charge in [0.05, 0.1) is 18.8 Å². The number of nitrogens with zero attached hydrogens (tertiary/aromatic N) is 2. The second kappa shape index (κ2) is 4.81. The molecule has 1 saturated heterocycles. The Balaban J connectivity index is 2.38. The van der Waals surface area contributed by atoms with E-state index in [0.29, 0.717) is 30.8 Å². The highest BCUT2D eigenvalue weighted by molar-refractivity contribution is 9.10. The predicted molar refractivity (Wildman–Crippen MR) is 60.0 cm³/mol. The summed E-state index contributed by atoms with van der Waals surface area (Å²) in [6, 6.07) is 1.05. The molecule has 0 saturated carbocycles. The maximum Gasteiger partial charge on any atom is 0.419 e. The van der Waals surface area contributed by atoms with E-state index in [0.717, 1.165) is 6.07 Å². The summed E-state index contributed by atoms with van der Waals surface area (Å²) in [4.78, 5) is 5.47. The van der Waals surface area contributed by atoms with Gasteiger partial charge in [0.2, 0.25) is 0 Å². The van der Waals surface area contributed by atoms with Crippen LogP contribution >= 0.6 is 15.9 Å². The van der Waals surface area contributed by atoms with Crippen LogP contribution in [0, 0.1) is 0 Å². The van der Waals surface area contributed by atoms with Crippen LogP contribution in [0.1, 0.15) is 5.56 Å². The lowest BCUT2D eigenvalue weighted by atomic mass is 10.2. The van der Waals surface area contributed by atoms with Gasteiger partial charge in [-0.25, -0.2) is 4.98 Å². The van der Waals surface area contributed by atoms with Crippen molar-refractivity contribution in [1.29, 1.82) is 0 Å². The van der Waals surface area contributed by atoms with Gasteiger partial charge in [-0.2, -0.15) is 13.2 Å². The van der Waals surface area contributed by atoms with Gasteiger partial charge in [-0.3, -0.25) is 0 Å². The molecular formula is C10H10BrF3N2O. The van der Waals surface area contributed by atoms with E-state index in [1.54, 1.807) is 4.90 Å². The molecule has 2 heterocycles. The van der Waals surface area contributed by atoms with Gasteiger partial charge < -0.3 is 9.64 Å². The summed E-state index contributed by atoms with van der Waals surface area (Å²) in [5.74, 6) is -0.0241. The quantitative estimate of drug-likeness (QED) is 0.797. The van der Waals surface area contributed by atoms with Crippen molar-refractivity contribution in [2.24, 2.45) is 0 Å². The van der Waals surface area contributed by atoms with Crippen molar-refractivity contribution >= 4 is 21.7 Å². The molecule has 0 spiro atoms. The highest BCUT2D eigenvalue weighted by Gasteiger charge is 2.36. The van der Waals surface area contributed by atoms with Crippen LogP contribution in [0.3, 0.4) is 0 Å². The molecule has 1 fully saturated rings. The maximum absolute atomic E-state index is 12.9. The molecule has 0 aromatic carbocycles. The summed E-state index contributed by atoms with van der Waals surface area (Å²) in [5.41, 5.74) is -0.714. The number of anilines is 1. The van der Waals surface area contributed by atoms with Gasteiger partial charge in [0.25, 0.3) is 0 Å². The number of rotatable bonds is 1. The topological polar surface area (TPSA) is 25.4 Å². The van der Waals surface area contributed by atoms with Crippen LogP contribution in [-0.4, -0.2) is 31.3 Å². The van der Waals surface area contributed by atoms with E-state index < -0.39 is 11.7 Å². The van der Waals surface area contributed by atoms with E-state index in [-0.39, 0.29) is 5.82 Å². The van der Waals surface area contributed by atoms with Crippen molar-refractivity contribution in [2.45, 2.75) is 6.18 Å². The van der Waals surface area contributed by atoms with E-state index in [1.165, 1.54) is 6.20 Å². The van der Waals surface area contributed by atoms with Crippen molar-refractivity contribution in [2.75, 3.05) is 31.2 Å². The number of ether oxygens (including phenoxy) is 1. The zero-order valence-corrected chi connectivity index (χ0v) is 10.4. The molecule has 2 rings (SSSR count). The number of hydrogen-bond acceptors (Lipinski definition) is 3. The van der Waals surface area contributed by atoms with Gasteiger partial charge in [0.1, 0.15) is 5.82 Å². The number of hydrogen-bond donors (Lipinski definition) is 0. The minimum atomic E-state index is -4.40. The second-order valence-electron chi connectivity index (χ2n) is 3.62. The van der Waals surface area contributed by atoms with Gasteiger partial charge in [-0.15, -0.1) is 0 Å². The molecule has 1 aliphatic heterocycles. The predicted octanol–water partition coefficient (Wildman–Crippen LogP) is 2.70. The first-order chi connectivity index (χ1) is 7.98. The lowest BCUT2D eigenvalue weighted by Gasteiger charge is -2.29. The van der Waals surface area contributed by atoms with Crippen LogP contribution in [0.2, 0.25) is 0 Å². The fourth-order valence-corrected chi connectivity index (χ4v) is 2.00. The fourth-order valence-electron chi connectivity index (χ4n) is 1.67. The number of morpholine rings is 1. The zero-order chi connectivity index (χ0) is 12.5. The van der Waals surface area contributed by atoms with Crippen molar-refractivity contribution in [3.63, 3.8) is 0 Å². The lowest BCUT2D eigenvalue weighted by molar-refractivity contribution is -0.137. The summed E-state index contributed by atoms with van der Waals surface area (Å²) < 4.78 is 44.0. The Morgan fingerprint density at radius 3 is 2.53 bits per heavy atom. The molecule has 3 nitrogen and oxygen atoms in total. The molecule has 17 heavy (non-hydrogen) atoms. The molecule has 0 amide bonds. The maximum atomic E-state index is 12.9. The van der Waals surface area contributed by atoms with Crippen LogP contribution in [0.15, 0.2) is 16.7 Å². The van der Waals surface area contributed by atoms with Crippen molar-refractivity contribution in [3.05, 3.63) is 22.3 Å². The number of alkyl halides is 3. The smallest absolute Gasteiger partial charge is 0.378 e. The minimum Gasteiger partial charge on any atom is -0.378 e. The molecule has 1 aliphatic rings. The third-order valence-corrected chi connectivity index (χ3v) is 2.88. The third-order valence-electron chi connectivity index (χ3n) is 2.45. The zero-order valence-electron chi connectivity index (χ0n) is 8.80. The Kier molecular flexibility index (Phi) is 3.58. The number of pyridine rings is 1. The van der Waals surface area contributed by atoms with E-state index in [2.05, 4.69) is 20.9 Å². The summed E-state index contributed by atoms with van der Waals surface area (Å²) in [6.07, 6.45) is -3.02. The van der Waals surface area contributed by atoms with Gasteiger partial charge in [0, 0.05) is 23.8 Å². The molecule has 0 atom stereocenters. The average molecular weight is 311 g/mol. The second-order valence-corrected chi connectivity index (χ2v) is 4.54. The monoisotopic (exact) mass is 310 g/mol. The van der Waals surface area contributed by atoms with Gasteiger partial charge in [-0.1, -0.05) is 0 Å².